The van der Waals surface area contributed by atoms with Crippen LogP contribution in [-0.2, 0) is 12.8 Å². The molecule has 0 N–H and O–H groups in total. The van der Waals surface area contributed by atoms with Crippen LogP contribution in [0.4, 0.5) is 0 Å². The Bertz CT molecular complexity index is 497. The summed E-state index contributed by atoms with van der Waals surface area (Å²) in [5.41, 5.74) is 5.76. The fraction of sp³-hybridized carbons (Fsp3) is 0.333. The minimum atomic E-state index is 1.06. The van der Waals surface area contributed by atoms with Gasteiger partial charge in [0, 0.05) is 0 Å². The summed E-state index contributed by atoms with van der Waals surface area (Å²) in [4.78, 5) is 0. The average Bonchev–Trinajstić information content (AvgIpc) is 2.38. The second-order valence-electron chi connectivity index (χ2n) is 5.04. The quantitative estimate of drug-likeness (QED) is 0.693. The van der Waals surface area contributed by atoms with Crippen LogP contribution in [0.25, 0.3) is 0 Å². The van der Waals surface area contributed by atoms with Gasteiger partial charge in [0.15, 0.2) is 0 Å². The van der Waals surface area contributed by atoms with Crippen LogP contribution in [0.2, 0.25) is 0 Å². The first-order valence-corrected chi connectivity index (χ1v) is 6.92. The van der Waals surface area contributed by atoms with Crippen LogP contribution >= 0.6 is 0 Å². The van der Waals surface area contributed by atoms with E-state index in [0.29, 0.717) is 0 Å². The zero-order chi connectivity index (χ0) is 12.8. The third-order valence-corrected chi connectivity index (χ3v) is 3.40. The van der Waals surface area contributed by atoms with Gasteiger partial charge in [0.05, 0.1) is 0 Å². The van der Waals surface area contributed by atoms with Gasteiger partial charge in [0.1, 0.15) is 0 Å². The van der Waals surface area contributed by atoms with Crippen molar-refractivity contribution in [2.24, 2.45) is 0 Å². The van der Waals surface area contributed by atoms with Gasteiger partial charge in [-0.3, -0.25) is 0 Å². The molecule has 2 aromatic carbocycles. The highest BCUT2D eigenvalue weighted by molar-refractivity contribution is 5.34. The maximum absolute atomic E-state index is 2.29. The van der Waals surface area contributed by atoms with E-state index in [-0.39, 0.29) is 0 Å². The van der Waals surface area contributed by atoms with Crippen molar-refractivity contribution in [2.75, 3.05) is 0 Å². The predicted octanol–water partition coefficient (Wildman–Crippen LogP) is 4.93. The highest BCUT2D eigenvalue weighted by Crippen LogP contribution is 2.17. The van der Waals surface area contributed by atoms with E-state index >= 15 is 0 Å². The molecule has 0 heteroatoms. The SMILES string of the molecule is CCCCc1ccccc1Cc1cccc(C)c1. The van der Waals surface area contributed by atoms with Crippen LogP contribution in [0.3, 0.4) is 0 Å². The Balaban J connectivity index is 2.17. The fourth-order valence-corrected chi connectivity index (χ4v) is 2.38. The molecule has 0 nitrogen and oxygen atoms in total. The van der Waals surface area contributed by atoms with Crippen LogP contribution in [-0.4, -0.2) is 0 Å². The van der Waals surface area contributed by atoms with E-state index in [9.17, 15) is 0 Å². The molecule has 0 aliphatic rings. The zero-order valence-electron chi connectivity index (χ0n) is 11.4. The topological polar surface area (TPSA) is 0 Å². The van der Waals surface area contributed by atoms with E-state index in [0.717, 1.165) is 6.42 Å². The van der Waals surface area contributed by atoms with Gasteiger partial charge >= 0.3 is 0 Å². The maximum atomic E-state index is 2.29. The van der Waals surface area contributed by atoms with Crippen LogP contribution in [0, 0.1) is 6.92 Å². The monoisotopic (exact) mass is 238 g/mol. The molecule has 94 valence electrons. The van der Waals surface area contributed by atoms with E-state index in [1.54, 1.807) is 0 Å². The predicted molar refractivity (Wildman–Crippen MR) is 79.0 cm³/mol. The summed E-state index contributed by atoms with van der Waals surface area (Å²) < 4.78 is 0. The van der Waals surface area contributed by atoms with Crippen molar-refractivity contribution < 1.29 is 0 Å². The van der Waals surface area contributed by atoms with Crippen molar-refractivity contribution in [2.45, 2.75) is 39.5 Å². The average molecular weight is 238 g/mol. The number of hydrogen-bond acceptors (Lipinski definition) is 0. The second kappa shape index (κ2) is 6.39. The molecule has 0 spiro atoms. The first kappa shape index (κ1) is 12.9. The van der Waals surface area contributed by atoms with Gasteiger partial charge in [-0.05, 0) is 42.9 Å². The Morgan fingerprint density at radius 1 is 0.889 bits per heavy atom. The maximum Gasteiger partial charge on any atom is -0.00229 e. The Labute approximate surface area is 111 Å². The minimum absolute atomic E-state index is 1.06. The van der Waals surface area contributed by atoms with Crippen LogP contribution < -0.4 is 0 Å². The molecular formula is C18H22. The summed E-state index contributed by atoms with van der Waals surface area (Å²) in [5, 5.41) is 0. The number of rotatable bonds is 5. The molecule has 0 aliphatic heterocycles. The first-order valence-electron chi connectivity index (χ1n) is 6.92. The smallest absolute Gasteiger partial charge is 0.00229 e. The molecule has 0 amide bonds. The fourth-order valence-electron chi connectivity index (χ4n) is 2.38. The normalized spacial score (nSPS) is 10.6. The lowest BCUT2D eigenvalue weighted by Gasteiger charge is -2.09. The van der Waals surface area contributed by atoms with Crippen molar-refractivity contribution in [3.8, 4) is 0 Å². The Morgan fingerprint density at radius 3 is 2.39 bits per heavy atom. The van der Waals surface area contributed by atoms with Crippen LogP contribution in [0.1, 0.15) is 42.0 Å². The van der Waals surface area contributed by atoms with E-state index in [2.05, 4.69) is 62.4 Å². The first-order chi connectivity index (χ1) is 8.79. The molecule has 0 saturated carbocycles. The zero-order valence-corrected chi connectivity index (χ0v) is 11.4. The summed E-state index contributed by atoms with van der Waals surface area (Å²) in [6.07, 6.45) is 4.81. The Kier molecular flexibility index (Phi) is 4.58. The molecule has 0 bridgehead atoms. The third kappa shape index (κ3) is 3.46. The van der Waals surface area contributed by atoms with Crippen molar-refractivity contribution >= 4 is 0 Å². The molecule has 0 radical (unpaired) electrons. The van der Waals surface area contributed by atoms with E-state index in [1.165, 1.54) is 41.5 Å². The van der Waals surface area contributed by atoms with Gasteiger partial charge in [-0.2, -0.15) is 0 Å². The Hall–Kier alpha value is -1.56. The molecule has 0 unspecified atom stereocenters. The number of aryl methyl sites for hydroxylation is 2. The van der Waals surface area contributed by atoms with Crippen molar-refractivity contribution in [1.29, 1.82) is 0 Å². The van der Waals surface area contributed by atoms with Gasteiger partial charge in [-0.1, -0.05) is 67.4 Å². The molecule has 0 heterocycles. The van der Waals surface area contributed by atoms with Crippen LogP contribution in [0.15, 0.2) is 48.5 Å². The van der Waals surface area contributed by atoms with Gasteiger partial charge in [0.2, 0.25) is 0 Å². The summed E-state index contributed by atoms with van der Waals surface area (Å²) in [5.74, 6) is 0. The summed E-state index contributed by atoms with van der Waals surface area (Å²) >= 11 is 0. The van der Waals surface area contributed by atoms with Crippen molar-refractivity contribution in [1.82, 2.24) is 0 Å². The molecule has 0 saturated heterocycles. The standard InChI is InChI=1S/C18H22/c1-3-4-10-17-11-5-6-12-18(17)14-16-9-7-8-15(2)13-16/h5-9,11-13H,3-4,10,14H2,1-2H3. The lowest BCUT2D eigenvalue weighted by atomic mass is 9.96. The van der Waals surface area contributed by atoms with Gasteiger partial charge in [-0.15, -0.1) is 0 Å². The lowest BCUT2D eigenvalue weighted by molar-refractivity contribution is 0.788. The Morgan fingerprint density at radius 2 is 1.67 bits per heavy atom. The molecule has 2 rings (SSSR count). The number of benzene rings is 2. The lowest BCUT2D eigenvalue weighted by Crippen LogP contribution is -1.96. The molecule has 0 aliphatic carbocycles. The second-order valence-corrected chi connectivity index (χ2v) is 5.04. The molecule has 0 aromatic heterocycles. The van der Waals surface area contributed by atoms with E-state index in [4.69, 9.17) is 0 Å². The number of unbranched alkanes of at least 4 members (excludes halogenated alkanes) is 1. The molecule has 18 heavy (non-hydrogen) atoms. The van der Waals surface area contributed by atoms with Crippen molar-refractivity contribution in [3.05, 3.63) is 70.8 Å². The minimum Gasteiger partial charge on any atom is -0.0654 e. The largest absolute Gasteiger partial charge is 0.0654 e. The molecule has 2 aromatic rings. The summed E-state index contributed by atoms with van der Waals surface area (Å²) in [7, 11) is 0. The summed E-state index contributed by atoms with van der Waals surface area (Å²) in [6, 6.07) is 17.7. The third-order valence-electron chi connectivity index (χ3n) is 3.40. The van der Waals surface area contributed by atoms with E-state index in [1.807, 2.05) is 0 Å². The molecular weight excluding hydrogens is 216 g/mol. The highest BCUT2D eigenvalue weighted by Gasteiger charge is 2.02. The van der Waals surface area contributed by atoms with Gasteiger partial charge < -0.3 is 0 Å². The summed E-state index contributed by atoms with van der Waals surface area (Å²) in [6.45, 7) is 4.41. The van der Waals surface area contributed by atoms with Crippen molar-refractivity contribution in [3.63, 3.8) is 0 Å². The van der Waals surface area contributed by atoms with E-state index < -0.39 is 0 Å². The molecule has 0 fully saturated rings. The number of hydrogen-bond donors (Lipinski definition) is 0. The highest BCUT2D eigenvalue weighted by atomic mass is 14.1. The molecule has 0 atom stereocenters. The van der Waals surface area contributed by atoms with Crippen LogP contribution in [0.5, 0.6) is 0 Å². The van der Waals surface area contributed by atoms with Gasteiger partial charge in [0.25, 0.3) is 0 Å². The van der Waals surface area contributed by atoms with Gasteiger partial charge in [-0.25, -0.2) is 0 Å².